The van der Waals surface area contributed by atoms with E-state index in [2.05, 4.69) is 120 Å². The highest BCUT2D eigenvalue weighted by atomic mass is 32.1. The van der Waals surface area contributed by atoms with E-state index in [-0.39, 0.29) is 101 Å². The quantitative estimate of drug-likeness (QED) is 0.0134. The zero-order chi connectivity index (χ0) is 106. The molecule has 784 valence electrons. The van der Waals surface area contributed by atoms with Crippen LogP contribution in [0.4, 0.5) is 0 Å². The molecule has 0 spiro atoms. The lowest BCUT2D eigenvalue weighted by Crippen LogP contribution is -2.61. The summed E-state index contributed by atoms with van der Waals surface area (Å²) in [5.41, 5.74) is 25.5. The number of nitrogens with zero attached hydrogens (tertiary/aromatic N) is 3. The number of likely N-dealkylation sites (tertiary alicyclic amines) is 2. The summed E-state index contributed by atoms with van der Waals surface area (Å²) >= 11 is 8.68. The van der Waals surface area contributed by atoms with Crippen molar-refractivity contribution in [2.75, 3.05) is 44.2 Å². The zero-order valence-electron chi connectivity index (χ0n) is 80.9. The van der Waals surface area contributed by atoms with Crippen LogP contribution in [0.1, 0.15) is 166 Å². The Morgan fingerprint density at radius 1 is 0.438 bits per heavy atom. The number of carboxylic acid groups (broad SMARTS) is 2. The number of H-pyrrole nitrogens is 3. The lowest BCUT2D eigenvalue weighted by molar-refractivity contribution is -0.144. The van der Waals surface area contributed by atoms with Crippen LogP contribution >= 0.6 is 25.3 Å². The molecule has 47 nitrogen and oxygen atoms in total. The van der Waals surface area contributed by atoms with E-state index in [9.17, 15) is 82.4 Å². The number of thiol groups is 2. The fourth-order valence-corrected chi connectivity index (χ4v) is 17.4. The number of fused-ring (bicyclic) bond motifs is 2. The number of aromatic hydroxyl groups is 1. The van der Waals surface area contributed by atoms with Crippen LogP contribution in [-0.2, 0) is 122 Å². The monoisotopic (exact) mass is 2040 g/mol. The number of hydrogen-bond donors (Lipinski definition) is 26. The largest absolute Gasteiger partial charge is 0.508 e. The number of unbranched alkanes of at least 4 members (excludes halogenated alkanes) is 2. The van der Waals surface area contributed by atoms with Gasteiger partial charge in [-0.25, -0.2) is 4.98 Å². The Kier molecular flexibility index (Phi) is 45.7. The molecule has 0 saturated carbocycles. The summed E-state index contributed by atoms with van der Waals surface area (Å²) in [5.74, 6) is -21.4. The maximum Gasteiger partial charge on any atom is 0.305 e. The molecule has 28 N–H and O–H groups in total. The van der Waals surface area contributed by atoms with E-state index in [0.717, 1.165) is 4.90 Å². The third-order valence-electron chi connectivity index (χ3n) is 24.3. The molecule has 0 bridgehead atoms. The minimum atomic E-state index is -1.99. The predicted molar refractivity (Wildman–Crippen MR) is 531 cm³/mol. The molecule has 3 aromatic heterocycles. The number of aromatic amines is 3. The summed E-state index contributed by atoms with van der Waals surface area (Å²) in [6.45, 7) is 8.09. The predicted octanol–water partition coefficient (Wildman–Crippen LogP) is -2.93. The van der Waals surface area contributed by atoms with Crippen molar-refractivity contribution >= 4 is 165 Å². The summed E-state index contributed by atoms with van der Waals surface area (Å²) < 4.78 is 0. The van der Waals surface area contributed by atoms with Crippen LogP contribution < -0.4 is 97.4 Å². The molecular weight excluding hydrogens is 1910 g/mol. The number of amides is 18. The maximum atomic E-state index is 15.5. The number of phenols is 1. The minimum absolute atomic E-state index is 0.0131. The number of carbonyl (C=O) groups excluding carboxylic acids is 18. The summed E-state index contributed by atoms with van der Waals surface area (Å²) in [6, 6.07) is -3.83. The number of nitrogens with two attached hydrogens (primary N) is 4. The average Bonchev–Trinajstić information content (AvgIpc) is 1.63. The molecule has 2 aliphatic heterocycles. The van der Waals surface area contributed by atoms with Crippen molar-refractivity contribution in [2.24, 2.45) is 34.8 Å². The van der Waals surface area contributed by atoms with Gasteiger partial charge in [-0.05, 0) is 156 Å². The first-order chi connectivity index (χ1) is 68.6. The molecule has 15 atom stereocenters. The van der Waals surface area contributed by atoms with Gasteiger partial charge < -0.3 is 137 Å². The van der Waals surface area contributed by atoms with E-state index < -0.39 is 266 Å². The Hall–Kier alpha value is -14.2. The molecule has 0 radical (unpaired) electrons. The number of para-hydroxylation sites is 2. The Labute approximate surface area is 841 Å². The van der Waals surface area contributed by atoms with Gasteiger partial charge >= 0.3 is 11.9 Å². The summed E-state index contributed by atoms with van der Waals surface area (Å²) in [5, 5.41) is 67.9. The summed E-state index contributed by atoms with van der Waals surface area (Å²) in [6.07, 6.45) is 3.40. The van der Waals surface area contributed by atoms with Gasteiger partial charge in [0.2, 0.25) is 106 Å². The molecule has 2 saturated heterocycles. The Morgan fingerprint density at radius 3 is 1.31 bits per heavy atom. The molecule has 49 heteroatoms. The number of carbonyl (C=O) groups is 20. The highest BCUT2D eigenvalue weighted by Crippen LogP contribution is 2.27. The number of carboxylic acids is 2. The van der Waals surface area contributed by atoms with Gasteiger partial charge in [0.05, 0.1) is 19.3 Å². The van der Waals surface area contributed by atoms with Crippen LogP contribution in [0.25, 0.3) is 21.8 Å². The second kappa shape index (κ2) is 57.2. The number of primary amides is 2. The Bertz CT molecular complexity index is 5490. The zero-order valence-corrected chi connectivity index (χ0v) is 82.7. The number of phenolic OH excluding ortho intramolecular Hbond substituents is 1. The molecule has 18 amide bonds. The van der Waals surface area contributed by atoms with Crippen LogP contribution in [0.2, 0.25) is 0 Å². The van der Waals surface area contributed by atoms with Gasteiger partial charge in [0.15, 0.2) is 0 Å². The molecule has 2 fully saturated rings. The fourth-order valence-electron chi connectivity index (χ4n) is 16.9. The third kappa shape index (κ3) is 35.7. The van der Waals surface area contributed by atoms with E-state index in [1.807, 2.05) is 0 Å². The van der Waals surface area contributed by atoms with Crippen molar-refractivity contribution in [3.8, 4) is 5.75 Å². The molecule has 0 aliphatic carbocycles. The number of imidazole rings is 1. The molecule has 3 aromatic carbocycles. The third-order valence-corrected chi connectivity index (χ3v) is 25.1. The van der Waals surface area contributed by atoms with E-state index in [1.165, 1.54) is 54.8 Å². The first-order valence-corrected chi connectivity index (χ1v) is 49.1. The second-order valence-electron chi connectivity index (χ2n) is 36.6. The number of rotatable bonds is 60. The van der Waals surface area contributed by atoms with Crippen molar-refractivity contribution in [2.45, 2.75) is 260 Å². The molecular formula is C95H134N24O23S2. The van der Waals surface area contributed by atoms with Crippen LogP contribution in [0.15, 0.2) is 97.7 Å². The smallest absolute Gasteiger partial charge is 0.305 e. The van der Waals surface area contributed by atoms with Crippen LogP contribution in [0, 0.1) is 11.8 Å². The molecule has 144 heavy (non-hydrogen) atoms. The Balaban J connectivity index is 1.02. The van der Waals surface area contributed by atoms with Crippen LogP contribution in [0.3, 0.4) is 0 Å². The maximum absolute atomic E-state index is 15.5. The first-order valence-electron chi connectivity index (χ1n) is 47.9. The highest BCUT2D eigenvalue weighted by molar-refractivity contribution is 7.80. The van der Waals surface area contributed by atoms with E-state index in [1.54, 1.807) is 82.4 Å². The Morgan fingerprint density at radius 2 is 0.847 bits per heavy atom. The normalized spacial score (nSPS) is 16.1. The summed E-state index contributed by atoms with van der Waals surface area (Å²) in [4.78, 5) is 297. The van der Waals surface area contributed by atoms with Gasteiger partial charge in [-0.15, -0.1) is 0 Å². The van der Waals surface area contributed by atoms with E-state index >= 15 is 28.8 Å². The van der Waals surface area contributed by atoms with Crippen LogP contribution in [0.5, 0.6) is 5.75 Å². The van der Waals surface area contributed by atoms with Crippen LogP contribution in [-0.4, -0.2) is 298 Å². The van der Waals surface area contributed by atoms with Crippen molar-refractivity contribution < 1.29 is 111 Å². The molecule has 2 aliphatic rings. The highest BCUT2D eigenvalue weighted by Gasteiger charge is 2.45. The number of benzene rings is 3. The second-order valence-corrected chi connectivity index (χ2v) is 37.3. The number of aliphatic carboxylic acids is 2. The molecule has 5 heterocycles. The SMILES string of the molecule is CC(=O)N[C@H](Cc1cnc[nH]1)C(=O)N1CCC[C@@H]1C(=O)N[C@H](CS)C(=O)N[C@H](CC(=O)O)C(=O)N[C@H](Cc1ccc(O)cc1)C(=O)N1CCC[C@@H]1C(=O)N[C@H](CCC(=O)O)C(=O)N[C@H](Cc1c[nH]c2ccccc12)C(=O)N[C@H](CCC(N)=O)C(=O)N[C@H](Cc1c[nH]c2ccccc12)C(=O)N[C@H](CC(C)C)C(=O)N[C@H](CS)C(=O)N[C@H](CCCCN)C(=O)N[C@H](CC(C)C)C(=O)NCC(=O)N[C@H](CCCCN)C(N)=O. The number of aromatic nitrogens is 4. The average molecular weight is 2040 g/mol. The standard InChI is InChI=1S/C95H134N24O23S2/c1-50(2)36-66(82(129)103-46-78(123)106-62(81(99)128)20-10-12-32-96)110-83(130)63(21-11-13-33-97)107-90(137)73(47-143)116-86(133)67(37-51(3)4)111-88(135)69(40-55-44-102-61-19-9-7-17-59(55)61)113-84(131)64(28-30-77(98)122)108-87(134)68(39-54-43-101-60-18-8-6-16-58(54)60)112-85(132)65(29-31-79(124)125)109-92(139)75-22-14-34-118(75)94(141)71(38-53-24-26-57(121)27-25-53)115-89(136)70(42-80(126)127)114-91(138)74(48-144)117-93(140)76-23-15-35-119(76)95(142)72(105-52(5)120)41-56-45-100-49-104-56/h6-9,16-19,24-27,43-45,49-51,62-76,101-102,121,143-144H,10-15,20-23,28-42,46-48,96-97H2,1-5H3,(H2,98,122)(H2,99,128)(H,100,104)(H,103,129)(H,105,120)(H,106,123)(H,107,137)(H,108,134)(H,109,139)(H,110,130)(H,111,135)(H,112,132)(H,113,131)(H,114,138)(H,115,136)(H,116,133)(H,117,140)(H,124,125)(H,126,127)/t62-,63-,64-,65-,66-,67-,68-,69-,70-,71-,72-,73-,74-,75-,76-/m1/s1. The van der Waals surface area contributed by atoms with Crippen molar-refractivity contribution in [3.05, 3.63) is 120 Å². The van der Waals surface area contributed by atoms with Gasteiger partial charge in [0, 0.05) is 116 Å². The van der Waals surface area contributed by atoms with Gasteiger partial charge in [0.1, 0.15) is 96.4 Å². The topological polar surface area (TPSA) is 741 Å². The molecule has 0 unspecified atom stereocenters. The van der Waals surface area contributed by atoms with E-state index in [0.29, 0.717) is 82.8 Å². The van der Waals surface area contributed by atoms with Crippen molar-refractivity contribution in [1.29, 1.82) is 0 Å². The minimum Gasteiger partial charge on any atom is -0.508 e. The number of nitrogens with one attached hydrogen (secondary N) is 17. The molecule has 6 aromatic rings. The number of hydrogen-bond acceptors (Lipinski definition) is 26. The fraction of sp³-hybridized carbons (Fsp3) is 0.526. The van der Waals surface area contributed by atoms with Crippen molar-refractivity contribution in [3.63, 3.8) is 0 Å². The van der Waals surface area contributed by atoms with Gasteiger partial charge in [-0.3, -0.25) is 95.9 Å². The molecule has 8 rings (SSSR count). The lowest BCUT2D eigenvalue weighted by Gasteiger charge is -2.31. The van der Waals surface area contributed by atoms with E-state index in [4.69, 9.17) is 22.9 Å². The van der Waals surface area contributed by atoms with Crippen molar-refractivity contribution in [1.82, 2.24) is 104 Å². The van der Waals surface area contributed by atoms with Gasteiger partial charge in [0.25, 0.3) is 0 Å². The van der Waals surface area contributed by atoms with Gasteiger partial charge in [-0.1, -0.05) is 76.2 Å². The first kappa shape index (κ1) is 115. The lowest BCUT2D eigenvalue weighted by atomic mass is 9.99. The summed E-state index contributed by atoms with van der Waals surface area (Å²) in [7, 11) is 0. The van der Waals surface area contributed by atoms with Gasteiger partial charge in [-0.2, -0.15) is 25.3 Å².